The van der Waals surface area contributed by atoms with Crippen LogP contribution in [0, 0.1) is 12.3 Å². The highest BCUT2D eigenvalue weighted by atomic mass is 32.2. The van der Waals surface area contributed by atoms with Crippen molar-refractivity contribution in [3.63, 3.8) is 0 Å². The highest BCUT2D eigenvalue weighted by Gasteiger charge is 2.49. The van der Waals surface area contributed by atoms with Gasteiger partial charge in [-0.3, -0.25) is 0 Å². The van der Waals surface area contributed by atoms with Crippen LogP contribution in [0.4, 0.5) is 5.69 Å². The van der Waals surface area contributed by atoms with E-state index in [1.807, 2.05) is 11.8 Å². The summed E-state index contributed by atoms with van der Waals surface area (Å²) >= 11 is 2.03. The lowest BCUT2D eigenvalue weighted by atomic mass is 9.69. The van der Waals surface area contributed by atoms with Gasteiger partial charge in [-0.15, -0.1) is 0 Å². The molecule has 1 aromatic rings. The smallest absolute Gasteiger partial charge is 0.0661 e. The molecule has 1 unspecified atom stereocenters. The van der Waals surface area contributed by atoms with E-state index in [9.17, 15) is 0 Å². The number of hydrogen-bond donors (Lipinski definition) is 1. The third-order valence-corrected chi connectivity index (χ3v) is 6.05. The first-order valence-corrected chi connectivity index (χ1v) is 8.17. The first kappa shape index (κ1) is 14.7. The SMILES string of the molecule is Cc1ccc(N(C)C2(CN)CSCCC2(C)C)cc1. The highest BCUT2D eigenvalue weighted by molar-refractivity contribution is 7.99. The van der Waals surface area contributed by atoms with E-state index in [0.29, 0.717) is 6.54 Å². The van der Waals surface area contributed by atoms with Crippen molar-refractivity contribution in [3.8, 4) is 0 Å². The number of rotatable bonds is 3. The van der Waals surface area contributed by atoms with Gasteiger partial charge in [0, 0.05) is 25.0 Å². The molecule has 2 nitrogen and oxygen atoms in total. The molecule has 0 aliphatic carbocycles. The Balaban J connectivity index is 2.37. The van der Waals surface area contributed by atoms with Crippen LogP contribution in [0.5, 0.6) is 0 Å². The van der Waals surface area contributed by atoms with Crippen LogP contribution in [0.2, 0.25) is 0 Å². The molecular formula is C16H26N2S. The average Bonchev–Trinajstić information content (AvgIpc) is 2.39. The maximum atomic E-state index is 6.23. The van der Waals surface area contributed by atoms with Crippen LogP contribution in [0.25, 0.3) is 0 Å². The van der Waals surface area contributed by atoms with Crippen molar-refractivity contribution in [1.29, 1.82) is 0 Å². The second kappa shape index (κ2) is 5.37. The Morgan fingerprint density at radius 1 is 1.26 bits per heavy atom. The van der Waals surface area contributed by atoms with Crippen molar-refractivity contribution in [2.45, 2.75) is 32.7 Å². The second-order valence-electron chi connectivity index (χ2n) is 6.32. The lowest BCUT2D eigenvalue weighted by Crippen LogP contribution is -2.65. The highest BCUT2D eigenvalue weighted by Crippen LogP contribution is 2.46. The van der Waals surface area contributed by atoms with Gasteiger partial charge in [-0.05, 0) is 36.6 Å². The van der Waals surface area contributed by atoms with Gasteiger partial charge in [-0.1, -0.05) is 31.5 Å². The molecule has 106 valence electrons. The average molecular weight is 278 g/mol. The van der Waals surface area contributed by atoms with Crippen LogP contribution in [0.3, 0.4) is 0 Å². The lowest BCUT2D eigenvalue weighted by Gasteiger charge is -2.55. The molecule has 1 heterocycles. The summed E-state index contributed by atoms with van der Waals surface area (Å²) in [5.41, 5.74) is 9.09. The van der Waals surface area contributed by atoms with Crippen LogP contribution in [0.15, 0.2) is 24.3 Å². The summed E-state index contributed by atoms with van der Waals surface area (Å²) in [5.74, 6) is 2.36. The fourth-order valence-corrected chi connectivity index (χ4v) is 4.87. The van der Waals surface area contributed by atoms with E-state index in [1.54, 1.807) is 0 Å². The standard InChI is InChI=1S/C16H26N2S/c1-13-5-7-14(8-6-13)18(4)16(11-17)12-19-10-9-15(16,2)3/h5-8H,9-12,17H2,1-4H3. The van der Waals surface area contributed by atoms with Crippen molar-refractivity contribution in [2.24, 2.45) is 11.1 Å². The number of nitrogens with zero attached hydrogens (tertiary/aromatic N) is 1. The monoisotopic (exact) mass is 278 g/mol. The summed E-state index contributed by atoms with van der Waals surface area (Å²) in [6.45, 7) is 7.56. The fraction of sp³-hybridized carbons (Fsp3) is 0.625. The molecule has 3 heteroatoms. The maximum absolute atomic E-state index is 6.23. The molecular weight excluding hydrogens is 252 g/mol. The van der Waals surface area contributed by atoms with E-state index in [0.717, 1.165) is 5.75 Å². The fourth-order valence-electron chi connectivity index (χ4n) is 3.03. The Hall–Kier alpha value is -0.670. The zero-order valence-corrected chi connectivity index (χ0v) is 13.4. The number of likely N-dealkylation sites (N-methyl/N-ethyl adjacent to an activating group) is 1. The number of thioether (sulfide) groups is 1. The number of hydrogen-bond acceptors (Lipinski definition) is 3. The molecule has 1 aromatic carbocycles. The van der Waals surface area contributed by atoms with Crippen LogP contribution >= 0.6 is 11.8 Å². The van der Waals surface area contributed by atoms with Crippen LogP contribution in [-0.2, 0) is 0 Å². The number of benzene rings is 1. The summed E-state index contributed by atoms with van der Waals surface area (Å²) in [6.07, 6.45) is 1.23. The van der Waals surface area contributed by atoms with Crippen molar-refractivity contribution >= 4 is 17.4 Å². The molecule has 2 N–H and O–H groups in total. The summed E-state index contributed by atoms with van der Waals surface area (Å²) in [4.78, 5) is 2.42. The predicted molar refractivity (Wildman–Crippen MR) is 87.1 cm³/mol. The van der Waals surface area contributed by atoms with E-state index in [1.165, 1.54) is 23.4 Å². The minimum absolute atomic E-state index is 0.0468. The number of anilines is 1. The topological polar surface area (TPSA) is 29.3 Å². The quantitative estimate of drug-likeness (QED) is 0.920. The Labute approximate surface area is 121 Å². The largest absolute Gasteiger partial charge is 0.366 e. The summed E-state index contributed by atoms with van der Waals surface area (Å²) < 4.78 is 0. The van der Waals surface area contributed by atoms with E-state index in [-0.39, 0.29) is 11.0 Å². The molecule has 0 spiro atoms. The van der Waals surface area contributed by atoms with Gasteiger partial charge in [0.15, 0.2) is 0 Å². The van der Waals surface area contributed by atoms with E-state index in [2.05, 4.69) is 57.0 Å². The van der Waals surface area contributed by atoms with E-state index in [4.69, 9.17) is 5.73 Å². The van der Waals surface area contributed by atoms with Gasteiger partial charge in [0.05, 0.1) is 5.54 Å². The summed E-state index contributed by atoms with van der Waals surface area (Å²) in [7, 11) is 2.20. The van der Waals surface area contributed by atoms with Crippen LogP contribution in [-0.4, -0.2) is 30.6 Å². The molecule has 1 aliphatic rings. The van der Waals surface area contributed by atoms with Gasteiger partial charge in [-0.25, -0.2) is 0 Å². The van der Waals surface area contributed by atoms with Crippen LogP contribution < -0.4 is 10.6 Å². The number of nitrogens with two attached hydrogens (primary N) is 1. The van der Waals surface area contributed by atoms with Gasteiger partial charge in [-0.2, -0.15) is 11.8 Å². The predicted octanol–water partition coefficient (Wildman–Crippen LogP) is 3.29. The van der Waals surface area contributed by atoms with Crippen molar-refractivity contribution in [3.05, 3.63) is 29.8 Å². The molecule has 0 aromatic heterocycles. The molecule has 2 rings (SSSR count). The van der Waals surface area contributed by atoms with E-state index >= 15 is 0 Å². The molecule has 0 amide bonds. The summed E-state index contributed by atoms with van der Waals surface area (Å²) in [5, 5.41) is 0. The lowest BCUT2D eigenvalue weighted by molar-refractivity contribution is 0.175. The Morgan fingerprint density at radius 2 is 1.89 bits per heavy atom. The molecule has 1 fully saturated rings. The minimum Gasteiger partial charge on any atom is -0.366 e. The second-order valence-corrected chi connectivity index (χ2v) is 7.42. The molecule has 19 heavy (non-hydrogen) atoms. The third-order valence-electron chi connectivity index (χ3n) is 4.87. The van der Waals surface area contributed by atoms with Gasteiger partial charge in [0.1, 0.15) is 0 Å². The third kappa shape index (κ3) is 2.50. The summed E-state index contributed by atoms with van der Waals surface area (Å²) in [6, 6.07) is 8.78. The first-order valence-electron chi connectivity index (χ1n) is 7.01. The van der Waals surface area contributed by atoms with Gasteiger partial charge < -0.3 is 10.6 Å². The van der Waals surface area contributed by atoms with Gasteiger partial charge in [0.25, 0.3) is 0 Å². The van der Waals surface area contributed by atoms with Crippen LogP contribution in [0.1, 0.15) is 25.8 Å². The zero-order valence-electron chi connectivity index (χ0n) is 12.6. The van der Waals surface area contributed by atoms with E-state index < -0.39 is 0 Å². The maximum Gasteiger partial charge on any atom is 0.0661 e. The van der Waals surface area contributed by atoms with Crippen molar-refractivity contribution in [2.75, 3.05) is 30.0 Å². The number of aryl methyl sites for hydroxylation is 1. The Kier molecular flexibility index (Phi) is 4.17. The molecule has 1 saturated heterocycles. The zero-order chi connectivity index (χ0) is 14.1. The first-order chi connectivity index (χ1) is 8.93. The Bertz CT molecular complexity index is 427. The molecule has 1 aliphatic heterocycles. The molecule has 0 saturated carbocycles. The molecule has 0 bridgehead atoms. The van der Waals surface area contributed by atoms with Crippen molar-refractivity contribution < 1.29 is 0 Å². The normalized spacial score (nSPS) is 26.2. The molecule has 1 atom stereocenters. The van der Waals surface area contributed by atoms with Gasteiger partial charge in [0.2, 0.25) is 0 Å². The molecule has 0 radical (unpaired) electrons. The minimum atomic E-state index is 0.0468. The van der Waals surface area contributed by atoms with Gasteiger partial charge >= 0.3 is 0 Å². The Morgan fingerprint density at radius 3 is 2.42 bits per heavy atom. The van der Waals surface area contributed by atoms with Crippen molar-refractivity contribution in [1.82, 2.24) is 0 Å².